The first-order valence-corrected chi connectivity index (χ1v) is 4.81. The standard InChI is InChI=1S/C9H12N2O2S/c1-2-5-10-8-4-3-7(11(12)13)6-9(8)14/h3-4,6,10,14H,2,5H2,1H3. The van der Waals surface area contributed by atoms with Crippen molar-refractivity contribution in [3.05, 3.63) is 28.3 Å². The van der Waals surface area contributed by atoms with Gasteiger partial charge in [0.1, 0.15) is 0 Å². The van der Waals surface area contributed by atoms with Crippen molar-refractivity contribution in [2.45, 2.75) is 18.2 Å². The number of nitro groups is 1. The monoisotopic (exact) mass is 212 g/mol. The lowest BCUT2D eigenvalue weighted by molar-refractivity contribution is -0.385. The second-order valence-corrected chi connectivity index (χ2v) is 3.37. The molecule has 1 aromatic carbocycles. The summed E-state index contributed by atoms with van der Waals surface area (Å²) in [7, 11) is 0. The van der Waals surface area contributed by atoms with Crippen molar-refractivity contribution in [1.82, 2.24) is 0 Å². The summed E-state index contributed by atoms with van der Waals surface area (Å²) >= 11 is 4.17. The Bertz CT molecular complexity index is 342. The summed E-state index contributed by atoms with van der Waals surface area (Å²) < 4.78 is 0. The average Bonchev–Trinajstić information content (AvgIpc) is 2.15. The molecule has 0 spiro atoms. The van der Waals surface area contributed by atoms with E-state index in [9.17, 15) is 10.1 Å². The van der Waals surface area contributed by atoms with E-state index in [1.54, 1.807) is 6.07 Å². The van der Waals surface area contributed by atoms with E-state index in [2.05, 4.69) is 24.9 Å². The summed E-state index contributed by atoms with van der Waals surface area (Å²) in [5, 5.41) is 13.6. The van der Waals surface area contributed by atoms with Gasteiger partial charge in [0, 0.05) is 29.3 Å². The van der Waals surface area contributed by atoms with E-state index in [1.807, 2.05) is 0 Å². The minimum absolute atomic E-state index is 0.0667. The third-order valence-corrected chi connectivity index (χ3v) is 2.13. The van der Waals surface area contributed by atoms with Crippen LogP contribution in [0.3, 0.4) is 0 Å². The van der Waals surface area contributed by atoms with E-state index in [1.165, 1.54) is 12.1 Å². The number of nitrogens with one attached hydrogen (secondary N) is 1. The van der Waals surface area contributed by atoms with Crippen molar-refractivity contribution in [1.29, 1.82) is 0 Å². The lowest BCUT2D eigenvalue weighted by Gasteiger charge is -2.06. The number of hydrogen-bond donors (Lipinski definition) is 2. The molecule has 0 fully saturated rings. The Hall–Kier alpha value is -1.23. The molecule has 1 aromatic rings. The molecule has 0 saturated carbocycles. The molecule has 0 amide bonds. The minimum Gasteiger partial charge on any atom is -0.384 e. The van der Waals surface area contributed by atoms with Gasteiger partial charge in [-0.1, -0.05) is 6.92 Å². The fourth-order valence-electron chi connectivity index (χ4n) is 1.04. The highest BCUT2D eigenvalue weighted by molar-refractivity contribution is 7.80. The Kier molecular flexibility index (Phi) is 3.76. The van der Waals surface area contributed by atoms with Crippen LogP contribution in [0.1, 0.15) is 13.3 Å². The second-order valence-electron chi connectivity index (χ2n) is 2.89. The van der Waals surface area contributed by atoms with Crippen molar-refractivity contribution in [2.24, 2.45) is 0 Å². The Labute approximate surface area is 87.9 Å². The molecule has 1 N–H and O–H groups in total. The zero-order valence-corrected chi connectivity index (χ0v) is 8.75. The maximum absolute atomic E-state index is 10.4. The third kappa shape index (κ3) is 2.63. The van der Waals surface area contributed by atoms with Crippen LogP contribution >= 0.6 is 12.6 Å². The number of nitro benzene ring substituents is 1. The van der Waals surface area contributed by atoms with Gasteiger partial charge in [0.2, 0.25) is 0 Å². The fourth-order valence-corrected chi connectivity index (χ4v) is 1.33. The molecular formula is C9H12N2O2S. The number of rotatable bonds is 4. The Morgan fingerprint density at radius 2 is 2.29 bits per heavy atom. The molecular weight excluding hydrogens is 200 g/mol. The lowest BCUT2D eigenvalue weighted by atomic mass is 10.3. The van der Waals surface area contributed by atoms with Gasteiger partial charge < -0.3 is 5.32 Å². The van der Waals surface area contributed by atoms with Crippen molar-refractivity contribution < 1.29 is 4.92 Å². The van der Waals surface area contributed by atoms with Crippen LogP contribution < -0.4 is 5.32 Å². The predicted molar refractivity (Wildman–Crippen MR) is 59.1 cm³/mol. The largest absolute Gasteiger partial charge is 0.384 e. The summed E-state index contributed by atoms with van der Waals surface area (Å²) in [4.78, 5) is 10.6. The van der Waals surface area contributed by atoms with Gasteiger partial charge >= 0.3 is 0 Å². The molecule has 1 rings (SSSR count). The summed E-state index contributed by atoms with van der Waals surface area (Å²) in [6.07, 6.45) is 1.00. The molecule has 0 heterocycles. The molecule has 4 nitrogen and oxygen atoms in total. The average molecular weight is 212 g/mol. The van der Waals surface area contributed by atoms with Gasteiger partial charge in [0.05, 0.1) is 4.92 Å². The summed E-state index contributed by atoms with van der Waals surface area (Å²) in [5.74, 6) is 0. The fraction of sp³-hybridized carbons (Fsp3) is 0.333. The third-order valence-electron chi connectivity index (χ3n) is 1.76. The smallest absolute Gasteiger partial charge is 0.270 e. The van der Waals surface area contributed by atoms with Crippen LogP contribution in [0, 0.1) is 10.1 Å². The molecule has 0 radical (unpaired) electrons. The highest BCUT2D eigenvalue weighted by Gasteiger charge is 2.07. The van der Waals surface area contributed by atoms with Gasteiger partial charge in [0.25, 0.3) is 5.69 Å². The van der Waals surface area contributed by atoms with Gasteiger partial charge in [-0.25, -0.2) is 0 Å². The zero-order chi connectivity index (χ0) is 10.6. The molecule has 0 aliphatic carbocycles. The second kappa shape index (κ2) is 4.85. The van der Waals surface area contributed by atoms with E-state index < -0.39 is 4.92 Å². The molecule has 14 heavy (non-hydrogen) atoms. The summed E-state index contributed by atoms with van der Waals surface area (Å²) in [6.45, 7) is 2.89. The van der Waals surface area contributed by atoms with E-state index >= 15 is 0 Å². The van der Waals surface area contributed by atoms with E-state index in [-0.39, 0.29) is 5.69 Å². The number of non-ortho nitro benzene ring substituents is 1. The molecule has 0 aliphatic rings. The topological polar surface area (TPSA) is 55.2 Å². The van der Waals surface area contributed by atoms with Gasteiger partial charge in [-0.15, -0.1) is 12.6 Å². The molecule has 0 aromatic heterocycles. The molecule has 76 valence electrons. The Balaban J connectivity index is 2.84. The molecule has 0 saturated heterocycles. The number of anilines is 1. The van der Waals surface area contributed by atoms with Crippen molar-refractivity contribution in [2.75, 3.05) is 11.9 Å². The Morgan fingerprint density at radius 3 is 2.79 bits per heavy atom. The normalized spacial score (nSPS) is 9.86. The van der Waals surface area contributed by atoms with Gasteiger partial charge in [-0.2, -0.15) is 0 Å². The first kappa shape index (κ1) is 10.8. The maximum Gasteiger partial charge on any atom is 0.270 e. The first-order chi connectivity index (χ1) is 6.65. The number of hydrogen-bond acceptors (Lipinski definition) is 4. The number of nitrogens with zero attached hydrogens (tertiary/aromatic N) is 1. The van der Waals surface area contributed by atoms with Crippen LogP contribution in [0.15, 0.2) is 23.1 Å². The van der Waals surface area contributed by atoms with Crippen LogP contribution in [0.2, 0.25) is 0 Å². The maximum atomic E-state index is 10.4. The molecule has 5 heteroatoms. The van der Waals surface area contributed by atoms with Crippen LogP contribution in [0.5, 0.6) is 0 Å². The summed E-state index contributed by atoms with van der Waals surface area (Å²) in [5.41, 5.74) is 0.901. The van der Waals surface area contributed by atoms with Gasteiger partial charge in [0.15, 0.2) is 0 Å². The highest BCUT2D eigenvalue weighted by atomic mass is 32.1. The quantitative estimate of drug-likeness (QED) is 0.458. The Morgan fingerprint density at radius 1 is 1.57 bits per heavy atom. The van der Waals surface area contributed by atoms with Crippen LogP contribution in [-0.2, 0) is 0 Å². The van der Waals surface area contributed by atoms with Gasteiger partial charge in [-0.3, -0.25) is 10.1 Å². The first-order valence-electron chi connectivity index (χ1n) is 4.36. The zero-order valence-electron chi connectivity index (χ0n) is 7.86. The number of thiol groups is 1. The molecule has 0 unspecified atom stereocenters. The van der Waals surface area contributed by atoms with Crippen molar-refractivity contribution in [3.63, 3.8) is 0 Å². The van der Waals surface area contributed by atoms with Crippen molar-refractivity contribution in [3.8, 4) is 0 Å². The van der Waals surface area contributed by atoms with Crippen LogP contribution in [0.4, 0.5) is 11.4 Å². The van der Waals surface area contributed by atoms with Crippen LogP contribution in [-0.4, -0.2) is 11.5 Å². The van der Waals surface area contributed by atoms with E-state index in [0.717, 1.165) is 18.7 Å². The number of benzene rings is 1. The molecule has 0 aliphatic heterocycles. The van der Waals surface area contributed by atoms with E-state index in [0.29, 0.717) is 4.90 Å². The van der Waals surface area contributed by atoms with Crippen LogP contribution in [0.25, 0.3) is 0 Å². The SMILES string of the molecule is CCCNc1ccc([N+](=O)[O-])cc1S. The highest BCUT2D eigenvalue weighted by Crippen LogP contribution is 2.24. The van der Waals surface area contributed by atoms with Gasteiger partial charge in [-0.05, 0) is 12.5 Å². The molecule has 0 atom stereocenters. The summed E-state index contributed by atoms with van der Waals surface area (Å²) in [6, 6.07) is 4.59. The predicted octanol–water partition coefficient (Wildman–Crippen LogP) is 2.71. The van der Waals surface area contributed by atoms with E-state index in [4.69, 9.17) is 0 Å². The minimum atomic E-state index is -0.427. The molecule has 0 bridgehead atoms. The van der Waals surface area contributed by atoms with Crippen molar-refractivity contribution >= 4 is 24.0 Å². The lowest BCUT2D eigenvalue weighted by Crippen LogP contribution is -2.00.